The van der Waals surface area contributed by atoms with Gasteiger partial charge in [-0.1, -0.05) is 26.2 Å². The predicted molar refractivity (Wildman–Crippen MR) is 97.5 cm³/mol. The Labute approximate surface area is 157 Å². The van der Waals surface area contributed by atoms with Crippen molar-refractivity contribution in [2.24, 2.45) is 11.8 Å². The second-order valence-corrected chi connectivity index (χ2v) is 9.91. The summed E-state index contributed by atoms with van der Waals surface area (Å²) in [7, 11) is 0. The fraction of sp³-hybridized carbons (Fsp3) is 0.789. The van der Waals surface area contributed by atoms with E-state index in [2.05, 4.69) is 4.90 Å². The van der Waals surface area contributed by atoms with E-state index in [4.69, 9.17) is 4.74 Å². The molecule has 4 aliphatic heterocycles. The number of aliphatic carboxylic acids is 1. The molecule has 142 valence electrons. The SMILES string of the molecule is CC1C(SC2CN(CC3CCCCC3)C2)=C(C(=O)O)N2C(=O)C3(CO3)C12. The number of thioether (sulfide) groups is 1. The number of β-lactam (4-membered cyclic amide) rings is 1. The van der Waals surface area contributed by atoms with Crippen molar-refractivity contribution < 1.29 is 19.4 Å². The summed E-state index contributed by atoms with van der Waals surface area (Å²) < 4.78 is 5.42. The second-order valence-electron chi connectivity index (χ2n) is 8.57. The highest BCUT2D eigenvalue weighted by Gasteiger charge is 2.76. The Morgan fingerprint density at radius 3 is 2.62 bits per heavy atom. The molecule has 7 heteroatoms. The largest absolute Gasteiger partial charge is 0.477 e. The van der Waals surface area contributed by atoms with Crippen LogP contribution in [0.15, 0.2) is 10.6 Å². The fourth-order valence-corrected chi connectivity index (χ4v) is 6.92. The first-order valence-electron chi connectivity index (χ1n) is 9.85. The Hall–Kier alpha value is -1.05. The van der Waals surface area contributed by atoms with Gasteiger partial charge < -0.3 is 14.7 Å². The Morgan fingerprint density at radius 1 is 1.31 bits per heavy atom. The maximum Gasteiger partial charge on any atom is 0.353 e. The van der Waals surface area contributed by atoms with Gasteiger partial charge in [-0.05, 0) is 18.8 Å². The first-order valence-corrected chi connectivity index (χ1v) is 10.7. The minimum atomic E-state index is -0.982. The summed E-state index contributed by atoms with van der Waals surface area (Å²) in [5.74, 6) is -0.238. The molecule has 0 aromatic rings. The van der Waals surface area contributed by atoms with Crippen LogP contribution in [0.4, 0.5) is 0 Å². The molecule has 1 amide bonds. The summed E-state index contributed by atoms with van der Waals surface area (Å²) in [4.78, 5) is 29.1. The molecule has 1 saturated carbocycles. The first kappa shape index (κ1) is 17.1. The summed E-state index contributed by atoms with van der Waals surface area (Å²) in [6.07, 6.45) is 6.86. The molecule has 1 spiro atoms. The zero-order chi connectivity index (χ0) is 18.1. The number of carbonyl (C=O) groups is 2. The number of likely N-dealkylation sites (tertiary alicyclic amines) is 1. The van der Waals surface area contributed by atoms with Crippen molar-refractivity contribution in [3.05, 3.63) is 10.6 Å². The van der Waals surface area contributed by atoms with Gasteiger partial charge in [0.1, 0.15) is 5.70 Å². The molecule has 4 fully saturated rings. The van der Waals surface area contributed by atoms with Crippen LogP contribution >= 0.6 is 11.8 Å². The van der Waals surface area contributed by atoms with E-state index in [1.165, 1.54) is 43.5 Å². The lowest BCUT2D eigenvalue weighted by molar-refractivity contribution is -0.158. The smallest absolute Gasteiger partial charge is 0.353 e. The summed E-state index contributed by atoms with van der Waals surface area (Å²) in [5.41, 5.74) is -0.487. The number of nitrogens with zero attached hydrogens (tertiary/aromatic N) is 2. The van der Waals surface area contributed by atoms with Crippen molar-refractivity contribution in [1.82, 2.24) is 9.80 Å². The van der Waals surface area contributed by atoms with Gasteiger partial charge >= 0.3 is 5.97 Å². The second kappa shape index (κ2) is 5.97. The third-order valence-electron chi connectivity index (χ3n) is 6.81. The highest BCUT2D eigenvalue weighted by molar-refractivity contribution is 8.03. The Morgan fingerprint density at radius 2 is 2.00 bits per heavy atom. The number of epoxide rings is 1. The quantitative estimate of drug-likeness (QED) is 0.582. The van der Waals surface area contributed by atoms with Gasteiger partial charge in [0.2, 0.25) is 0 Å². The van der Waals surface area contributed by atoms with Crippen molar-refractivity contribution in [2.45, 2.75) is 55.9 Å². The lowest BCUT2D eigenvalue weighted by Gasteiger charge is -2.43. The maximum atomic E-state index is 12.4. The summed E-state index contributed by atoms with van der Waals surface area (Å²) in [5, 5.41) is 10.1. The van der Waals surface area contributed by atoms with E-state index in [1.54, 1.807) is 11.8 Å². The number of carbonyl (C=O) groups excluding carboxylic acids is 1. The van der Waals surface area contributed by atoms with Crippen molar-refractivity contribution in [1.29, 1.82) is 0 Å². The van der Waals surface area contributed by atoms with Crippen molar-refractivity contribution >= 4 is 23.6 Å². The molecular formula is C19H26N2O4S. The van der Waals surface area contributed by atoms with Crippen LogP contribution < -0.4 is 0 Å². The van der Waals surface area contributed by atoms with E-state index in [-0.39, 0.29) is 23.6 Å². The number of rotatable bonds is 5. The van der Waals surface area contributed by atoms with Gasteiger partial charge in [0.05, 0.1) is 12.6 Å². The van der Waals surface area contributed by atoms with Gasteiger partial charge in [0.25, 0.3) is 5.91 Å². The zero-order valence-corrected chi connectivity index (χ0v) is 16.0. The molecule has 4 heterocycles. The molecule has 26 heavy (non-hydrogen) atoms. The van der Waals surface area contributed by atoms with E-state index < -0.39 is 11.6 Å². The third-order valence-corrected chi connectivity index (χ3v) is 8.27. The lowest BCUT2D eigenvalue weighted by Crippen LogP contribution is -2.67. The van der Waals surface area contributed by atoms with Crippen LogP contribution in [0, 0.1) is 11.8 Å². The van der Waals surface area contributed by atoms with E-state index >= 15 is 0 Å². The number of carboxylic acids is 1. The molecule has 1 aliphatic carbocycles. The molecule has 0 aromatic carbocycles. The van der Waals surface area contributed by atoms with E-state index in [9.17, 15) is 14.7 Å². The van der Waals surface area contributed by atoms with E-state index in [1.807, 2.05) is 6.92 Å². The standard InChI is InChI=1S/C19H26N2O4S/c1-11-15(14(17(22)23)21-16(11)19(10-25-19)18(21)24)26-13-8-20(9-13)7-12-5-3-2-4-6-12/h11-13,16H,2-10H2,1H3,(H,22,23). The van der Waals surface area contributed by atoms with Gasteiger partial charge in [0.15, 0.2) is 5.60 Å². The van der Waals surface area contributed by atoms with Gasteiger partial charge in [-0.25, -0.2) is 4.79 Å². The number of fused-ring (bicyclic) bond motifs is 2. The molecular weight excluding hydrogens is 352 g/mol. The number of ether oxygens (including phenoxy) is 1. The predicted octanol–water partition coefficient (Wildman–Crippen LogP) is 1.91. The van der Waals surface area contributed by atoms with Gasteiger partial charge in [-0.3, -0.25) is 9.69 Å². The molecule has 0 bridgehead atoms. The molecule has 3 saturated heterocycles. The zero-order valence-electron chi connectivity index (χ0n) is 15.1. The normalized spacial score (nSPS) is 37.7. The summed E-state index contributed by atoms with van der Waals surface area (Å²) >= 11 is 1.69. The van der Waals surface area contributed by atoms with E-state index in [0.717, 1.165) is 23.9 Å². The summed E-state index contributed by atoms with van der Waals surface area (Å²) in [6.45, 7) is 5.75. The highest BCUT2D eigenvalue weighted by Crippen LogP contribution is 2.58. The molecule has 5 aliphatic rings. The molecule has 5 rings (SSSR count). The molecule has 6 nitrogen and oxygen atoms in total. The topological polar surface area (TPSA) is 73.4 Å². The average molecular weight is 378 g/mol. The van der Waals surface area contributed by atoms with Crippen LogP contribution in [0.3, 0.4) is 0 Å². The van der Waals surface area contributed by atoms with Crippen LogP contribution in [0.5, 0.6) is 0 Å². The van der Waals surface area contributed by atoms with Crippen LogP contribution in [-0.4, -0.2) is 69.9 Å². The van der Waals surface area contributed by atoms with Gasteiger partial charge in [0, 0.05) is 35.7 Å². The monoisotopic (exact) mass is 378 g/mol. The van der Waals surface area contributed by atoms with Crippen LogP contribution in [0.25, 0.3) is 0 Å². The first-order chi connectivity index (χ1) is 12.5. The Balaban J connectivity index is 1.23. The Bertz CT molecular complexity index is 677. The van der Waals surface area contributed by atoms with Gasteiger partial charge in [-0.15, -0.1) is 11.8 Å². The molecule has 1 N–H and O–H groups in total. The minimum absolute atomic E-state index is 0.0543. The fourth-order valence-electron chi connectivity index (χ4n) is 5.35. The number of hydrogen-bond acceptors (Lipinski definition) is 5. The summed E-state index contributed by atoms with van der Waals surface area (Å²) in [6, 6.07) is -0.109. The number of hydrogen-bond donors (Lipinski definition) is 1. The Kier molecular flexibility index (Phi) is 3.92. The number of carboxylic acid groups (broad SMARTS) is 1. The number of amides is 1. The van der Waals surface area contributed by atoms with Crippen molar-refractivity contribution in [3.8, 4) is 0 Å². The van der Waals surface area contributed by atoms with Crippen molar-refractivity contribution in [3.63, 3.8) is 0 Å². The van der Waals surface area contributed by atoms with E-state index in [0.29, 0.717) is 11.9 Å². The molecule has 0 radical (unpaired) electrons. The van der Waals surface area contributed by atoms with Gasteiger partial charge in [-0.2, -0.15) is 0 Å². The van der Waals surface area contributed by atoms with Crippen LogP contribution in [-0.2, 0) is 14.3 Å². The minimum Gasteiger partial charge on any atom is -0.477 e. The lowest BCUT2D eigenvalue weighted by atomic mass is 9.82. The molecule has 3 atom stereocenters. The van der Waals surface area contributed by atoms with Crippen LogP contribution in [0.1, 0.15) is 39.0 Å². The molecule has 0 aromatic heterocycles. The third kappa shape index (κ3) is 2.39. The van der Waals surface area contributed by atoms with Crippen molar-refractivity contribution in [2.75, 3.05) is 26.2 Å². The molecule has 3 unspecified atom stereocenters. The van der Waals surface area contributed by atoms with Crippen LogP contribution in [0.2, 0.25) is 0 Å². The highest BCUT2D eigenvalue weighted by atomic mass is 32.2. The average Bonchev–Trinajstić information content (AvgIpc) is 3.36. The maximum absolute atomic E-state index is 12.4.